The lowest BCUT2D eigenvalue weighted by Crippen LogP contribution is -2.33. The van der Waals surface area contributed by atoms with Crippen LogP contribution < -0.4 is 10.9 Å². The minimum Gasteiger partial charge on any atom is -0.343 e. The number of terminal acetylenes is 1. The first-order chi connectivity index (χ1) is 10.5. The summed E-state index contributed by atoms with van der Waals surface area (Å²) in [5, 5.41) is 2.51. The second-order valence-electron chi connectivity index (χ2n) is 4.56. The standard InChI is InChI=1S/C16H14N2O3S/c1-3-9-17-16(21)11(2)18-14(19)10-13(22-18)15(20)12-7-5-4-6-8-12/h1,4-8,10-11H,9H2,2H3,(H,17,21). The van der Waals surface area contributed by atoms with E-state index < -0.39 is 6.04 Å². The Morgan fingerprint density at radius 2 is 2.05 bits per heavy atom. The molecular formula is C16H14N2O3S. The molecule has 1 unspecified atom stereocenters. The van der Waals surface area contributed by atoms with Gasteiger partial charge in [-0.3, -0.25) is 18.3 Å². The molecule has 1 atom stereocenters. The average Bonchev–Trinajstić information content (AvgIpc) is 2.93. The second kappa shape index (κ2) is 6.87. The van der Waals surface area contributed by atoms with Crippen LogP contribution in [-0.2, 0) is 4.79 Å². The first kappa shape index (κ1) is 15.7. The molecule has 1 N–H and O–H groups in total. The van der Waals surface area contributed by atoms with Crippen LogP contribution in [-0.4, -0.2) is 22.2 Å². The number of nitrogens with one attached hydrogen (secondary N) is 1. The molecule has 0 spiro atoms. The van der Waals surface area contributed by atoms with Crippen LogP contribution in [0.25, 0.3) is 0 Å². The van der Waals surface area contributed by atoms with Crippen molar-refractivity contribution < 1.29 is 9.59 Å². The van der Waals surface area contributed by atoms with Gasteiger partial charge in [0.05, 0.1) is 11.4 Å². The van der Waals surface area contributed by atoms with E-state index in [1.54, 1.807) is 31.2 Å². The third kappa shape index (κ3) is 3.32. The van der Waals surface area contributed by atoms with Crippen LogP contribution in [0.5, 0.6) is 0 Å². The molecule has 0 fully saturated rings. The van der Waals surface area contributed by atoms with Crippen molar-refractivity contribution in [2.75, 3.05) is 6.54 Å². The lowest BCUT2D eigenvalue weighted by atomic mass is 10.1. The van der Waals surface area contributed by atoms with Crippen molar-refractivity contribution >= 4 is 23.2 Å². The molecule has 1 amide bonds. The fourth-order valence-electron chi connectivity index (χ4n) is 1.85. The van der Waals surface area contributed by atoms with Gasteiger partial charge in [0.25, 0.3) is 5.56 Å². The molecule has 112 valence electrons. The van der Waals surface area contributed by atoms with E-state index in [1.165, 1.54) is 10.0 Å². The Kier molecular flexibility index (Phi) is 4.92. The zero-order chi connectivity index (χ0) is 16.1. The topological polar surface area (TPSA) is 68.2 Å². The Balaban J connectivity index is 2.25. The van der Waals surface area contributed by atoms with Gasteiger partial charge >= 0.3 is 0 Å². The number of benzene rings is 1. The number of amides is 1. The molecule has 1 aromatic carbocycles. The van der Waals surface area contributed by atoms with Crippen LogP contribution in [0.2, 0.25) is 0 Å². The number of hydrogen-bond donors (Lipinski definition) is 1. The molecule has 0 saturated heterocycles. The van der Waals surface area contributed by atoms with Gasteiger partial charge in [0, 0.05) is 11.6 Å². The van der Waals surface area contributed by atoms with Gasteiger partial charge in [-0.1, -0.05) is 47.8 Å². The van der Waals surface area contributed by atoms with Crippen LogP contribution in [0.15, 0.2) is 41.2 Å². The molecule has 0 saturated carbocycles. The van der Waals surface area contributed by atoms with Crippen LogP contribution in [0.3, 0.4) is 0 Å². The van der Waals surface area contributed by atoms with E-state index in [0.717, 1.165) is 11.5 Å². The summed E-state index contributed by atoms with van der Waals surface area (Å²) in [5.74, 6) is 1.70. The van der Waals surface area contributed by atoms with Crippen LogP contribution in [0.1, 0.15) is 28.2 Å². The molecule has 1 heterocycles. The van der Waals surface area contributed by atoms with Crippen LogP contribution >= 0.6 is 11.5 Å². The van der Waals surface area contributed by atoms with E-state index >= 15 is 0 Å². The highest BCUT2D eigenvalue weighted by Gasteiger charge is 2.20. The van der Waals surface area contributed by atoms with E-state index in [2.05, 4.69) is 11.2 Å². The minimum atomic E-state index is -0.719. The monoisotopic (exact) mass is 314 g/mol. The lowest BCUT2D eigenvalue weighted by molar-refractivity contribution is -0.123. The van der Waals surface area contributed by atoms with Crippen LogP contribution in [0, 0.1) is 12.3 Å². The Labute approximate surface area is 131 Å². The van der Waals surface area contributed by atoms with Gasteiger partial charge in [-0.2, -0.15) is 0 Å². The summed E-state index contributed by atoms with van der Waals surface area (Å²) in [7, 11) is 0. The predicted molar refractivity (Wildman–Crippen MR) is 85.0 cm³/mol. The first-order valence-electron chi connectivity index (χ1n) is 6.58. The molecule has 0 radical (unpaired) electrons. The third-order valence-corrected chi connectivity index (χ3v) is 4.22. The smallest absolute Gasteiger partial charge is 0.262 e. The minimum absolute atomic E-state index is 0.0963. The van der Waals surface area contributed by atoms with Gasteiger partial charge < -0.3 is 5.32 Å². The number of hydrogen-bond acceptors (Lipinski definition) is 4. The molecule has 0 aliphatic heterocycles. The predicted octanol–water partition coefficient (Wildman–Crippen LogP) is 1.45. The quantitative estimate of drug-likeness (QED) is 0.671. The summed E-state index contributed by atoms with van der Waals surface area (Å²) in [5.41, 5.74) is 0.118. The first-order valence-corrected chi connectivity index (χ1v) is 7.35. The average molecular weight is 314 g/mol. The maximum atomic E-state index is 12.3. The summed E-state index contributed by atoms with van der Waals surface area (Å²) >= 11 is 0.974. The molecule has 6 heteroatoms. The number of carbonyl (C=O) groups is 2. The molecule has 22 heavy (non-hydrogen) atoms. The van der Waals surface area contributed by atoms with Crippen molar-refractivity contribution in [1.29, 1.82) is 0 Å². The number of nitrogens with zero attached hydrogens (tertiary/aromatic N) is 1. The van der Waals surface area contributed by atoms with Crippen molar-refractivity contribution in [2.45, 2.75) is 13.0 Å². The van der Waals surface area contributed by atoms with Crippen molar-refractivity contribution in [3.05, 3.63) is 57.2 Å². The summed E-state index contributed by atoms with van der Waals surface area (Å²) in [6.45, 7) is 1.68. The maximum Gasteiger partial charge on any atom is 0.262 e. The van der Waals surface area contributed by atoms with Gasteiger partial charge in [-0.15, -0.1) is 6.42 Å². The van der Waals surface area contributed by atoms with Gasteiger partial charge in [-0.05, 0) is 6.92 Å². The molecule has 1 aromatic heterocycles. The lowest BCUT2D eigenvalue weighted by Gasteiger charge is -2.10. The molecule has 5 nitrogen and oxygen atoms in total. The van der Waals surface area contributed by atoms with E-state index in [9.17, 15) is 14.4 Å². The zero-order valence-corrected chi connectivity index (χ0v) is 12.7. The maximum absolute atomic E-state index is 12.3. The highest BCUT2D eigenvalue weighted by atomic mass is 32.1. The Hall–Kier alpha value is -2.65. The van der Waals surface area contributed by atoms with Crippen molar-refractivity contribution in [3.8, 4) is 12.3 Å². The molecule has 0 aliphatic carbocycles. The summed E-state index contributed by atoms with van der Waals surface area (Å²) in [6, 6.07) is 9.21. The normalized spacial score (nSPS) is 11.5. The van der Waals surface area contributed by atoms with Crippen LogP contribution in [0.4, 0.5) is 0 Å². The third-order valence-electron chi connectivity index (χ3n) is 3.02. The number of ketones is 1. The second-order valence-corrected chi connectivity index (χ2v) is 5.57. The Bertz CT molecular complexity index is 784. The SMILES string of the molecule is C#CCNC(=O)C(C)n1sc(C(=O)c2ccccc2)cc1=O. The molecule has 0 aliphatic rings. The van der Waals surface area contributed by atoms with E-state index in [1.807, 2.05) is 6.07 Å². The molecule has 0 bridgehead atoms. The van der Waals surface area contributed by atoms with E-state index in [-0.39, 0.29) is 23.8 Å². The van der Waals surface area contributed by atoms with E-state index in [0.29, 0.717) is 10.4 Å². The summed E-state index contributed by atoms with van der Waals surface area (Å²) in [6.07, 6.45) is 5.08. The van der Waals surface area contributed by atoms with Crippen molar-refractivity contribution in [1.82, 2.24) is 9.27 Å². The summed E-state index contributed by atoms with van der Waals surface area (Å²) < 4.78 is 1.27. The van der Waals surface area contributed by atoms with Gasteiger partial charge in [0.2, 0.25) is 11.7 Å². The fourth-order valence-corrected chi connectivity index (χ4v) is 2.82. The zero-order valence-electron chi connectivity index (χ0n) is 11.9. The fraction of sp³-hybridized carbons (Fsp3) is 0.188. The summed E-state index contributed by atoms with van der Waals surface area (Å²) in [4.78, 5) is 36.5. The van der Waals surface area contributed by atoms with Gasteiger partial charge in [0.15, 0.2) is 0 Å². The Morgan fingerprint density at radius 3 is 2.68 bits per heavy atom. The van der Waals surface area contributed by atoms with Gasteiger partial charge in [-0.25, -0.2) is 0 Å². The van der Waals surface area contributed by atoms with E-state index in [4.69, 9.17) is 6.42 Å². The Morgan fingerprint density at radius 1 is 1.36 bits per heavy atom. The molecule has 2 aromatic rings. The number of carbonyl (C=O) groups excluding carboxylic acids is 2. The van der Waals surface area contributed by atoms with Gasteiger partial charge in [0.1, 0.15) is 6.04 Å². The van der Waals surface area contributed by atoms with Crippen molar-refractivity contribution in [2.24, 2.45) is 0 Å². The number of rotatable bonds is 5. The number of aromatic nitrogens is 1. The van der Waals surface area contributed by atoms with Crippen molar-refractivity contribution in [3.63, 3.8) is 0 Å². The highest BCUT2D eigenvalue weighted by Crippen LogP contribution is 2.16. The highest BCUT2D eigenvalue weighted by molar-refractivity contribution is 7.09. The molecular weight excluding hydrogens is 300 g/mol. The molecule has 2 rings (SSSR count). The largest absolute Gasteiger partial charge is 0.343 e.